The number of anilines is 1. The van der Waals surface area contributed by atoms with Gasteiger partial charge in [-0.1, -0.05) is 30.3 Å². The topological polar surface area (TPSA) is 40.5 Å². The van der Waals surface area contributed by atoms with Crippen molar-refractivity contribution in [1.82, 2.24) is 0 Å². The van der Waals surface area contributed by atoms with Crippen molar-refractivity contribution in [2.45, 2.75) is 19.4 Å². The number of aliphatic carboxylic acids is 1. The van der Waals surface area contributed by atoms with E-state index in [0.717, 1.165) is 11.3 Å². The van der Waals surface area contributed by atoms with Gasteiger partial charge in [0.2, 0.25) is 0 Å². The SMILES string of the molecule is CC(c1ccccc1)N(CCC(=O)O)c1ccc(F)cc1. The summed E-state index contributed by atoms with van der Waals surface area (Å²) in [5.74, 6) is -1.15. The summed E-state index contributed by atoms with van der Waals surface area (Å²) in [6, 6.07) is 16.0. The van der Waals surface area contributed by atoms with Crippen molar-refractivity contribution in [1.29, 1.82) is 0 Å². The molecule has 4 heteroatoms. The van der Waals surface area contributed by atoms with E-state index in [-0.39, 0.29) is 18.3 Å². The molecule has 21 heavy (non-hydrogen) atoms. The molecule has 0 amide bonds. The smallest absolute Gasteiger partial charge is 0.305 e. The van der Waals surface area contributed by atoms with Gasteiger partial charge in [0, 0.05) is 12.2 Å². The minimum absolute atomic E-state index is 0.0102. The molecule has 0 heterocycles. The Hall–Kier alpha value is -2.36. The Labute approximate surface area is 123 Å². The zero-order valence-electron chi connectivity index (χ0n) is 11.9. The zero-order valence-corrected chi connectivity index (χ0v) is 11.9. The molecule has 2 rings (SSSR count). The number of carbonyl (C=O) groups is 1. The first-order valence-corrected chi connectivity index (χ1v) is 6.87. The summed E-state index contributed by atoms with van der Waals surface area (Å²) in [7, 11) is 0. The number of nitrogens with zero attached hydrogens (tertiary/aromatic N) is 1. The number of rotatable bonds is 6. The fraction of sp³-hybridized carbons (Fsp3) is 0.235. The maximum atomic E-state index is 13.1. The van der Waals surface area contributed by atoms with Gasteiger partial charge in [-0.15, -0.1) is 0 Å². The van der Waals surface area contributed by atoms with Crippen LogP contribution < -0.4 is 4.90 Å². The van der Waals surface area contributed by atoms with Crippen molar-refractivity contribution in [3.05, 3.63) is 66.0 Å². The largest absolute Gasteiger partial charge is 0.481 e. The number of benzene rings is 2. The maximum absolute atomic E-state index is 13.1. The van der Waals surface area contributed by atoms with Crippen molar-refractivity contribution < 1.29 is 14.3 Å². The molecule has 0 aliphatic carbocycles. The lowest BCUT2D eigenvalue weighted by molar-refractivity contribution is -0.136. The van der Waals surface area contributed by atoms with Crippen LogP contribution in [0.5, 0.6) is 0 Å². The quantitative estimate of drug-likeness (QED) is 0.876. The molecule has 3 nitrogen and oxygen atoms in total. The molecule has 2 aromatic rings. The Morgan fingerprint density at radius 3 is 2.33 bits per heavy atom. The molecular weight excluding hydrogens is 269 g/mol. The number of halogens is 1. The highest BCUT2D eigenvalue weighted by atomic mass is 19.1. The van der Waals surface area contributed by atoms with Gasteiger partial charge in [-0.2, -0.15) is 0 Å². The van der Waals surface area contributed by atoms with Crippen LogP contribution in [0.25, 0.3) is 0 Å². The summed E-state index contributed by atoms with van der Waals surface area (Å²) < 4.78 is 13.1. The van der Waals surface area contributed by atoms with Crippen LogP contribution in [0.4, 0.5) is 10.1 Å². The highest BCUT2D eigenvalue weighted by Gasteiger charge is 2.17. The minimum Gasteiger partial charge on any atom is -0.481 e. The minimum atomic E-state index is -0.845. The molecule has 1 N–H and O–H groups in total. The predicted octanol–water partition coefficient (Wildman–Crippen LogP) is 3.87. The van der Waals surface area contributed by atoms with Crippen molar-refractivity contribution in [2.24, 2.45) is 0 Å². The molecular formula is C17H18FNO2. The summed E-state index contributed by atoms with van der Waals surface area (Å²) in [6.07, 6.45) is 0.0363. The molecule has 1 unspecified atom stereocenters. The fourth-order valence-corrected chi connectivity index (χ4v) is 2.31. The Balaban J connectivity index is 2.26. The van der Waals surface area contributed by atoms with Crippen LogP contribution in [0.3, 0.4) is 0 Å². The molecule has 0 aromatic heterocycles. The number of hydrogen-bond donors (Lipinski definition) is 1. The Morgan fingerprint density at radius 2 is 1.76 bits per heavy atom. The molecule has 0 bridgehead atoms. The van der Waals surface area contributed by atoms with Gasteiger partial charge in [0.1, 0.15) is 5.82 Å². The van der Waals surface area contributed by atoms with Gasteiger partial charge in [-0.25, -0.2) is 4.39 Å². The van der Waals surface area contributed by atoms with Crippen molar-refractivity contribution in [3.63, 3.8) is 0 Å². The summed E-state index contributed by atoms with van der Waals surface area (Å²) in [6.45, 7) is 2.39. The van der Waals surface area contributed by atoms with Crippen LogP contribution in [0.15, 0.2) is 54.6 Å². The highest BCUT2D eigenvalue weighted by Crippen LogP contribution is 2.27. The molecule has 0 saturated carbocycles. The molecule has 0 saturated heterocycles. The Kier molecular flexibility index (Phi) is 4.93. The molecule has 0 fully saturated rings. The summed E-state index contributed by atoms with van der Waals surface area (Å²) in [4.78, 5) is 12.8. The van der Waals surface area contributed by atoms with E-state index in [2.05, 4.69) is 0 Å². The van der Waals surface area contributed by atoms with Crippen LogP contribution in [0, 0.1) is 5.82 Å². The number of carboxylic acid groups (broad SMARTS) is 1. The van der Waals surface area contributed by atoms with Crippen molar-refractivity contribution in [3.8, 4) is 0 Å². The van der Waals surface area contributed by atoms with E-state index in [9.17, 15) is 9.18 Å². The molecule has 0 aliphatic heterocycles. The van der Waals surface area contributed by atoms with Crippen LogP contribution in [0.2, 0.25) is 0 Å². The van der Waals surface area contributed by atoms with E-state index < -0.39 is 5.97 Å². The second-order valence-electron chi connectivity index (χ2n) is 4.90. The number of hydrogen-bond acceptors (Lipinski definition) is 2. The predicted molar refractivity (Wildman–Crippen MR) is 80.9 cm³/mol. The van der Waals surface area contributed by atoms with E-state index in [1.807, 2.05) is 42.2 Å². The maximum Gasteiger partial charge on any atom is 0.305 e. The monoisotopic (exact) mass is 287 g/mol. The van der Waals surface area contributed by atoms with Crippen LogP contribution in [-0.2, 0) is 4.79 Å². The molecule has 1 atom stereocenters. The second-order valence-corrected chi connectivity index (χ2v) is 4.90. The van der Waals surface area contributed by atoms with Crippen molar-refractivity contribution >= 4 is 11.7 Å². The van der Waals surface area contributed by atoms with Gasteiger partial charge in [0.25, 0.3) is 0 Å². The van der Waals surface area contributed by atoms with Crippen LogP contribution in [-0.4, -0.2) is 17.6 Å². The first-order valence-electron chi connectivity index (χ1n) is 6.87. The second kappa shape index (κ2) is 6.88. The highest BCUT2D eigenvalue weighted by molar-refractivity contribution is 5.67. The molecule has 0 spiro atoms. The summed E-state index contributed by atoms with van der Waals surface area (Å²) in [5, 5.41) is 8.92. The fourth-order valence-electron chi connectivity index (χ4n) is 2.31. The van der Waals surface area contributed by atoms with Gasteiger partial charge in [0.05, 0.1) is 12.5 Å². The standard InChI is InChI=1S/C17H18FNO2/c1-13(14-5-3-2-4-6-14)19(12-11-17(20)21)16-9-7-15(18)8-10-16/h2-10,13H,11-12H2,1H3,(H,20,21). The van der Waals surface area contributed by atoms with Crippen molar-refractivity contribution in [2.75, 3.05) is 11.4 Å². The molecule has 2 aromatic carbocycles. The first-order chi connectivity index (χ1) is 10.1. The van der Waals surface area contributed by atoms with E-state index in [4.69, 9.17) is 5.11 Å². The lowest BCUT2D eigenvalue weighted by atomic mass is 10.1. The summed E-state index contributed by atoms with van der Waals surface area (Å²) in [5.41, 5.74) is 1.90. The molecule has 0 aliphatic rings. The normalized spacial score (nSPS) is 11.9. The Morgan fingerprint density at radius 1 is 1.14 bits per heavy atom. The van der Waals surface area contributed by atoms with Gasteiger partial charge >= 0.3 is 5.97 Å². The third-order valence-corrected chi connectivity index (χ3v) is 3.47. The van der Waals surface area contributed by atoms with E-state index in [1.54, 1.807) is 12.1 Å². The summed E-state index contributed by atoms with van der Waals surface area (Å²) >= 11 is 0. The van der Waals surface area contributed by atoms with Gasteiger partial charge in [-0.05, 0) is 36.8 Å². The number of carboxylic acids is 1. The van der Waals surface area contributed by atoms with Crippen LogP contribution >= 0.6 is 0 Å². The van der Waals surface area contributed by atoms with E-state index in [0.29, 0.717) is 6.54 Å². The average Bonchev–Trinajstić information content (AvgIpc) is 2.49. The first kappa shape index (κ1) is 15.0. The molecule has 110 valence electrons. The van der Waals surface area contributed by atoms with Gasteiger partial charge < -0.3 is 10.0 Å². The average molecular weight is 287 g/mol. The molecule has 0 radical (unpaired) electrons. The zero-order chi connectivity index (χ0) is 15.2. The van der Waals surface area contributed by atoms with E-state index >= 15 is 0 Å². The third-order valence-electron chi connectivity index (χ3n) is 3.47. The van der Waals surface area contributed by atoms with Gasteiger partial charge in [-0.3, -0.25) is 4.79 Å². The lowest BCUT2D eigenvalue weighted by Crippen LogP contribution is -2.29. The Bertz CT molecular complexity index is 583. The lowest BCUT2D eigenvalue weighted by Gasteiger charge is -2.31. The van der Waals surface area contributed by atoms with E-state index in [1.165, 1.54) is 12.1 Å². The van der Waals surface area contributed by atoms with Gasteiger partial charge in [0.15, 0.2) is 0 Å². The van der Waals surface area contributed by atoms with Crippen LogP contribution in [0.1, 0.15) is 24.9 Å². The third kappa shape index (κ3) is 4.05.